The van der Waals surface area contributed by atoms with E-state index in [1.54, 1.807) is 12.1 Å². The van der Waals surface area contributed by atoms with Gasteiger partial charge in [0.25, 0.3) is 0 Å². The van der Waals surface area contributed by atoms with Gasteiger partial charge in [-0.05, 0) is 115 Å². The van der Waals surface area contributed by atoms with E-state index in [1.165, 1.54) is 44.5 Å². The number of sulfonamides is 1. The Labute approximate surface area is 234 Å². The number of nitrogens with one attached hydrogen (secondary N) is 3. The van der Waals surface area contributed by atoms with Crippen LogP contribution < -0.4 is 14.9 Å². The smallest absolute Gasteiger partial charge is 0.241 e. The Morgan fingerprint density at radius 3 is 2.21 bits per heavy atom. The van der Waals surface area contributed by atoms with Crippen molar-refractivity contribution in [2.45, 2.75) is 88.9 Å². The van der Waals surface area contributed by atoms with Crippen molar-refractivity contribution in [3.8, 4) is 11.3 Å². The molecule has 8 heteroatoms. The van der Waals surface area contributed by atoms with E-state index in [1.807, 2.05) is 32.9 Å². The van der Waals surface area contributed by atoms with E-state index in [0.717, 1.165) is 35.2 Å². The third-order valence-corrected chi connectivity index (χ3v) is 9.85. The summed E-state index contributed by atoms with van der Waals surface area (Å²) in [4.78, 5) is 8.85. The van der Waals surface area contributed by atoms with Crippen LogP contribution in [-0.2, 0) is 10.0 Å². The minimum absolute atomic E-state index is 0.284. The summed E-state index contributed by atoms with van der Waals surface area (Å²) in [7, 11) is -3.58. The van der Waals surface area contributed by atoms with Gasteiger partial charge in [-0.15, -0.1) is 0 Å². The second-order valence-corrected chi connectivity index (χ2v) is 14.4. The lowest BCUT2D eigenvalue weighted by Crippen LogP contribution is -2.50. The molecule has 0 amide bonds. The highest BCUT2D eigenvalue weighted by Crippen LogP contribution is 2.30. The van der Waals surface area contributed by atoms with Gasteiger partial charge in [-0.3, -0.25) is 0 Å². The minimum Gasteiger partial charge on any atom is -0.371 e. The van der Waals surface area contributed by atoms with Crippen LogP contribution in [0.1, 0.15) is 60.3 Å². The maximum absolute atomic E-state index is 12.8. The first kappa shape index (κ1) is 28.1. The van der Waals surface area contributed by atoms with Crippen molar-refractivity contribution in [1.29, 1.82) is 0 Å². The fourth-order valence-electron chi connectivity index (χ4n) is 5.99. The second kappa shape index (κ2) is 11.2. The number of piperidine rings is 2. The van der Waals surface area contributed by atoms with Gasteiger partial charge in [0, 0.05) is 59.0 Å². The zero-order chi connectivity index (χ0) is 27.8. The van der Waals surface area contributed by atoms with E-state index in [4.69, 9.17) is 0 Å². The molecule has 1 aromatic heterocycles. The Kier molecular flexibility index (Phi) is 8.11. The Balaban J connectivity index is 1.23. The van der Waals surface area contributed by atoms with Gasteiger partial charge in [0.15, 0.2) is 0 Å². The number of anilines is 1. The van der Waals surface area contributed by atoms with Crippen molar-refractivity contribution in [3.05, 3.63) is 48.5 Å². The number of aromatic nitrogens is 1. The van der Waals surface area contributed by atoms with Crippen molar-refractivity contribution < 1.29 is 8.42 Å². The van der Waals surface area contributed by atoms with Crippen LogP contribution in [0.15, 0.2) is 53.4 Å². The Bertz CT molecular complexity index is 1380. The summed E-state index contributed by atoms with van der Waals surface area (Å²) in [5.41, 5.74) is 3.74. The lowest BCUT2D eigenvalue weighted by atomic mass is 9.98. The van der Waals surface area contributed by atoms with Crippen molar-refractivity contribution in [1.82, 2.24) is 19.9 Å². The van der Waals surface area contributed by atoms with Gasteiger partial charge in [-0.2, -0.15) is 0 Å². The SMILES string of the molecule is CC(C)N1CCC(NC2CCN(c3cccc(-c4cc5cc(S(=O)(=O)NC(C)(C)C)ccc5[nH]4)c3)CC2)CC1. The average molecular weight is 552 g/mol. The molecule has 5 rings (SSSR count). The predicted molar refractivity (Wildman–Crippen MR) is 162 cm³/mol. The van der Waals surface area contributed by atoms with Crippen LogP contribution >= 0.6 is 0 Å². The van der Waals surface area contributed by atoms with E-state index in [2.05, 4.69) is 62.9 Å². The summed E-state index contributed by atoms with van der Waals surface area (Å²) in [6.07, 6.45) is 4.85. The summed E-state index contributed by atoms with van der Waals surface area (Å²) < 4.78 is 28.4. The number of hydrogen-bond donors (Lipinski definition) is 3. The number of benzene rings is 2. The summed E-state index contributed by atoms with van der Waals surface area (Å²) >= 11 is 0. The number of H-pyrrole nitrogens is 1. The summed E-state index contributed by atoms with van der Waals surface area (Å²) in [5.74, 6) is 0. The molecule has 2 aliphatic heterocycles. The molecule has 39 heavy (non-hydrogen) atoms. The van der Waals surface area contributed by atoms with Gasteiger partial charge in [0.2, 0.25) is 10.0 Å². The predicted octanol–water partition coefficient (Wildman–Crippen LogP) is 5.34. The van der Waals surface area contributed by atoms with Gasteiger partial charge in [0.1, 0.15) is 0 Å². The molecule has 212 valence electrons. The number of fused-ring (bicyclic) bond motifs is 1. The van der Waals surface area contributed by atoms with Crippen molar-refractivity contribution >= 4 is 26.6 Å². The maximum Gasteiger partial charge on any atom is 0.241 e. The molecule has 2 aromatic carbocycles. The van der Waals surface area contributed by atoms with Gasteiger partial charge < -0.3 is 20.1 Å². The molecule has 2 aliphatic rings. The molecule has 0 spiro atoms. The quantitative estimate of drug-likeness (QED) is 0.369. The second-order valence-electron chi connectivity index (χ2n) is 12.7. The first-order valence-corrected chi connectivity index (χ1v) is 16.0. The Hall–Kier alpha value is -2.39. The number of aromatic amines is 1. The number of rotatable bonds is 7. The van der Waals surface area contributed by atoms with Gasteiger partial charge in [0.05, 0.1) is 4.90 Å². The summed E-state index contributed by atoms with van der Waals surface area (Å²) in [6.45, 7) is 14.7. The van der Waals surface area contributed by atoms with Gasteiger partial charge in [-0.1, -0.05) is 12.1 Å². The minimum atomic E-state index is -3.58. The van der Waals surface area contributed by atoms with Gasteiger partial charge >= 0.3 is 0 Å². The standard InChI is InChI=1S/C31H45N5O2S/c1-22(2)35-15-11-25(12-16-35)32-26-13-17-36(18-14-26)27-8-6-7-23(19-27)30-21-24-20-28(9-10-29(24)33-30)39(37,38)34-31(3,4)5/h6-10,19-22,25-26,32-34H,11-18H2,1-5H3. The van der Waals surface area contributed by atoms with Crippen molar-refractivity contribution in [2.75, 3.05) is 31.1 Å². The maximum atomic E-state index is 12.8. The van der Waals surface area contributed by atoms with Crippen LogP contribution in [0.5, 0.6) is 0 Å². The molecule has 2 saturated heterocycles. The molecule has 0 saturated carbocycles. The largest absolute Gasteiger partial charge is 0.371 e. The average Bonchev–Trinajstić information content (AvgIpc) is 3.32. The van der Waals surface area contributed by atoms with E-state index in [9.17, 15) is 8.42 Å². The highest BCUT2D eigenvalue weighted by Gasteiger charge is 2.26. The first-order chi connectivity index (χ1) is 18.5. The molecule has 3 aromatic rings. The molecular weight excluding hydrogens is 506 g/mol. The van der Waals surface area contributed by atoms with Crippen LogP contribution in [0.2, 0.25) is 0 Å². The third-order valence-electron chi connectivity index (χ3n) is 8.09. The van der Waals surface area contributed by atoms with Gasteiger partial charge in [-0.25, -0.2) is 13.1 Å². The van der Waals surface area contributed by atoms with Crippen molar-refractivity contribution in [3.63, 3.8) is 0 Å². The number of nitrogens with zero attached hydrogens (tertiary/aromatic N) is 2. The lowest BCUT2D eigenvalue weighted by molar-refractivity contribution is 0.154. The van der Waals surface area contributed by atoms with Crippen LogP contribution in [0.25, 0.3) is 22.2 Å². The molecule has 0 radical (unpaired) electrons. The Morgan fingerprint density at radius 2 is 1.56 bits per heavy atom. The molecule has 3 heterocycles. The Morgan fingerprint density at radius 1 is 0.897 bits per heavy atom. The normalized spacial score (nSPS) is 18.9. The first-order valence-electron chi connectivity index (χ1n) is 14.5. The third kappa shape index (κ3) is 6.85. The fourth-order valence-corrected chi connectivity index (χ4v) is 7.44. The van der Waals surface area contributed by atoms with Crippen LogP contribution in [0, 0.1) is 0 Å². The van der Waals surface area contributed by atoms with Crippen LogP contribution in [-0.4, -0.2) is 68.1 Å². The fraction of sp³-hybridized carbons (Fsp3) is 0.548. The molecule has 0 unspecified atom stereocenters. The molecule has 2 fully saturated rings. The lowest BCUT2D eigenvalue weighted by Gasteiger charge is -2.39. The summed E-state index contributed by atoms with van der Waals surface area (Å²) in [6, 6.07) is 17.9. The van der Waals surface area contributed by atoms with E-state index in [-0.39, 0.29) is 4.90 Å². The molecule has 0 aliphatic carbocycles. The van der Waals surface area contributed by atoms with E-state index in [0.29, 0.717) is 18.1 Å². The number of likely N-dealkylation sites (tertiary alicyclic amines) is 1. The zero-order valence-corrected chi connectivity index (χ0v) is 24.9. The van der Waals surface area contributed by atoms with Crippen LogP contribution in [0.3, 0.4) is 0 Å². The topological polar surface area (TPSA) is 80.5 Å². The summed E-state index contributed by atoms with van der Waals surface area (Å²) in [5, 5.41) is 4.85. The van der Waals surface area contributed by atoms with E-state index >= 15 is 0 Å². The van der Waals surface area contributed by atoms with E-state index < -0.39 is 15.6 Å². The molecular formula is C31H45N5O2S. The number of hydrogen-bond acceptors (Lipinski definition) is 5. The molecule has 0 atom stereocenters. The van der Waals surface area contributed by atoms with Crippen LogP contribution in [0.4, 0.5) is 5.69 Å². The highest BCUT2D eigenvalue weighted by molar-refractivity contribution is 7.89. The zero-order valence-electron chi connectivity index (χ0n) is 24.1. The highest BCUT2D eigenvalue weighted by atomic mass is 32.2. The molecule has 7 nitrogen and oxygen atoms in total. The van der Waals surface area contributed by atoms with Crippen molar-refractivity contribution in [2.24, 2.45) is 0 Å². The molecule has 0 bridgehead atoms. The monoisotopic (exact) mass is 551 g/mol. The molecule has 3 N–H and O–H groups in total.